The molecule has 2 amide bonds. The van der Waals surface area contributed by atoms with Crippen LogP contribution in [-0.4, -0.2) is 55.6 Å². The van der Waals surface area contributed by atoms with E-state index in [0.717, 1.165) is 41.5 Å². The molecule has 210 valence electrons. The Morgan fingerprint density at radius 3 is 2.50 bits per heavy atom. The highest BCUT2D eigenvalue weighted by Gasteiger charge is 2.31. The van der Waals surface area contributed by atoms with Crippen LogP contribution in [-0.2, 0) is 20.8 Å². The fourth-order valence-corrected chi connectivity index (χ4v) is 4.81. The number of esters is 1. The summed E-state index contributed by atoms with van der Waals surface area (Å²) in [6.45, 7) is 5.12. The van der Waals surface area contributed by atoms with Crippen molar-refractivity contribution in [2.75, 3.05) is 26.9 Å². The molecule has 0 radical (unpaired) electrons. The Morgan fingerprint density at radius 2 is 1.85 bits per heavy atom. The van der Waals surface area contributed by atoms with Gasteiger partial charge in [-0.25, -0.2) is 13.6 Å². The van der Waals surface area contributed by atoms with E-state index in [2.05, 4.69) is 10.1 Å². The Bertz CT molecular complexity index is 1420. The Hall–Kier alpha value is -4.15. The van der Waals surface area contributed by atoms with E-state index in [-0.39, 0.29) is 18.1 Å². The molecule has 0 saturated carbocycles. The van der Waals surface area contributed by atoms with Crippen molar-refractivity contribution in [3.05, 3.63) is 94.0 Å². The third kappa shape index (κ3) is 6.35. The number of rotatable bonds is 8. The largest absolute Gasteiger partial charge is 0.465 e. The fourth-order valence-electron chi connectivity index (χ4n) is 4.81. The maximum absolute atomic E-state index is 14.4. The maximum Gasteiger partial charge on any atom is 0.343 e. The van der Waals surface area contributed by atoms with Crippen LogP contribution >= 0.6 is 0 Å². The molecular weight excluding hydrogens is 520 g/mol. The molecule has 0 bridgehead atoms. The first-order valence-electron chi connectivity index (χ1n) is 12.8. The van der Waals surface area contributed by atoms with Gasteiger partial charge in [-0.05, 0) is 72.0 Å². The summed E-state index contributed by atoms with van der Waals surface area (Å²) in [6.07, 6.45) is 0. The van der Waals surface area contributed by atoms with Crippen LogP contribution in [0.4, 0.5) is 8.78 Å². The zero-order valence-corrected chi connectivity index (χ0v) is 22.5. The molecule has 8 nitrogen and oxygen atoms in total. The molecule has 40 heavy (non-hydrogen) atoms. The van der Waals surface area contributed by atoms with E-state index in [4.69, 9.17) is 10.5 Å². The lowest BCUT2D eigenvalue weighted by atomic mass is 9.96. The second-order valence-corrected chi connectivity index (χ2v) is 9.74. The Morgan fingerprint density at radius 1 is 1.12 bits per heavy atom. The first kappa shape index (κ1) is 28.8. The number of benzene rings is 3. The summed E-state index contributed by atoms with van der Waals surface area (Å²) in [5.41, 5.74) is 9.06. The second kappa shape index (κ2) is 12.4. The number of nitrogens with zero attached hydrogens (tertiary/aromatic N) is 1. The van der Waals surface area contributed by atoms with Gasteiger partial charge in [-0.3, -0.25) is 14.5 Å². The molecule has 1 aliphatic rings. The average Bonchev–Trinajstić information content (AvgIpc) is 2.92. The van der Waals surface area contributed by atoms with Gasteiger partial charge in [-0.1, -0.05) is 24.3 Å². The number of ether oxygens (including phenoxy) is 2. The molecule has 2 atom stereocenters. The van der Waals surface area contributed by atoms with Gasteiger partial charge in [-0.15, -0.1) is 0 Å². The molecule has 1 aliphatic heterocycles. The lowest BCUT2D eigenvalue weighted by molar-refractivity contribution is -0.133. The number of morpholine rings is 1. The average molecular weight is 552 g/mol. The van der Waals surface area contributed by atoms with Crippen molar-refractivity contribution in [2.45, 2.75) is 32.5 Å². The molecule has 4 rings (SSSR count). The van der Waals surface area contributed by atoms with Crippen LogP contribution < -0.4 is 11.1 Å². The van der Waals surface area contributed by atoms with Crippen LogP contribution in [0.3, 0.4) is 0 Å². The van der Waals surface area contributed by atoms with Gasteiger partial charge >= 0.3 is 5.97 Å². The Labute approximate surface area is 231 Å². The maximum atomic E-state index is 14.4. The summed E-state index contributed by atoms with van der Waals surface area (Å²) < 4.78 is 38.9. The molecule has 1 saturated heterocycles. The van der Waals surface area contributed by atoms with Crippen LogP contribution in [0.1, 0.15) is 50.4 Å². The summed E-state index contributed by atoms with van der Waals surface area (Å²) in [5.74, 6) is -4.08. The highest BCUT2D eigenvalue weighted by Crippen LogP contribution is 2.27. The number of carbonyl (C=O) groups excluding carboxylic acids is 3. The van der Waals surface area contributed by atoms with Crippen molar-refractivity contribution in [3.63, 3.8) is 0 Å². The molecule has 1 unspecified atom stereocenters. The first-order valence-corrected chi connectivity index (χ1v) is 12.8. The van der Waals surface area contributed by atoms with Crippen molar-refractivity contribution < 1.29 is 32.6 Å². The first-order chi connectivity index (χ1) is 19.1. The van der Waals surface area contributed by atoms with Crippen LogP contribution in [0, 0.1) is 18.6 Å². The van der Waals surface area contributed by atoms with Crippen molar-refractivity contribution in [2.24, 2.45) is 5.73 Å². The highest BCUT2D eigenvalue weighted by atomic mass is 19.1. The number of primary amides is 1. The summed E-state index contributed by atoms with van der Waals surface area (Å²) in [6, 6.07) is 13.9. The minimum atomic E-state index is -1.12. The van der Waals surface area contributed by atoms with E-state index in [0.29, 0.717) is 25.3 Å². The molecule has 3 aromatic rings. The number of aryl methyl sites for hydroxylation is 1. The van der Waals surface area contributed by atoms with E-state index in [1.165, 1.54) is 0 Å². The normalized spacial score (nSPS) is 16.3. The number of halogens is 2. The Kier molecular flexibility index (Phi) is 8.91. The van der Waals surface area contributed by atoms with Crippen molar-refractivity contribution in [1.82, 2.24) is 10.2 Å². The van der Waals surface area contributed by atoms with Gasteiger partial charge in [-0.2, -0.15) is 0 Å². The van der Waals surface area contributed by atoms with Gasteiger partial charge in [0.1, 0.15) is 23.2 Å². The minimum absolute atomic E-state index is 0.163. The molecule has 1 heterocycles. The minimum Gasteiger partial charge on any atom is -0.465 e. The standard InChI is InChI=1S/C30H31F2N3O5/c1-17-11-21(28(33)36)7-8-23(17)20-6-4-5-19(12-20)15-35-9-10-40-16-26(35)29(37)34-18(2)22-13-24(31)27(25(32)14-22)30(38)39-3/h4-8,11-14,18,26H,9-10,15-16H2,1-3H3,(H2,33,36)(H,34,37)/t18?,26-/m1/s1. The number of amides is 2. The summed E-state index contributed by atoms with van der Waals surface area (Å²) in [5, 5.41) is 2.81. The number of methoxy groups -OCH3 is 1. The number of nitrogens with one attached hydrogen (secondary N) is 1. The number of nitrogens with two attached hydrogens (primary N) is 1. The molecule has 0 spiro atoms. The van der Waals surface area contributed by atoms with E-state index < -0.39 is 41.2 Å². The van der Waals surface area contributed by atoms with E-state index in [1.54, 1.807) is 19.1 Å². The van der Waals surface area contributed by atoms with Gasteiger partial charge in [0, 0.05) is 18.7 Å². The zero-order valence-electron chi connectivity index (χ0n) is 22.5. The lowest BCUT2D eigenvalue weighted by Gasteiger charge is -2.35. The second-order valence-electron chi connectivity index (χ2n) is 9.74. The smallest absolute Gasteiger partial charge is 0.343 e. The van der Waals surface area contributed by atoms with E-state index in [1.807, 2.05) is 42.2 Å². The van der Waals surface area contributed by atoms with Crippen LogP contribution in [0.25, 0.3) is 11.1 Å². The van der Waals surface area contributed by atoms with E-state index in [9.17, 15) is 23.2 Å². The topological polar surface area (TPSA) is 111 Å². The quantitative estimate of drug-likeness (QED) is 0.411. The Balaban J connectivity index is 1.49. The van der Waals surface area contributed by atoms with Crippen molar-refractivity contribution in [3.8, 4) is 11.1 Å². The predicted molar refractivity (Wildman–Crippen MR) is 144 cm³/mol. The summed E-state index contributed by atoms with van der Waals surface area (Å²) >= 11 is 0. The third-order valence-electron chi connectivity index (χ3n) is 6.99. The SMILES string of the molecule is COC(=O)c1c(F)cc(C(C)NC(=O)[C@H]2COCCN2Cc2cccc(-c3ccc(C(N)=O)cc3C)c2)cc1F. The predicted octanol–water partition coefficient (Wildman–Crippen LogP) is 3.90. The number of hydrogen-bond donors (Lipinski definition) is 2. The molecule has 0 aromatic heterocycles. The van der Waals surface area contributed by atoms with Crippen molar-refractivity contribution in [1.29, 1.82) is 0 Å². The zero-order chi connectivity index (χ0) is 29.0. The van der Waals surface area contributed by atoms with Crippen molar-refractivity contribution >= 4 is 17.8 Å². The molecule has 3 aromatic carbocycles. The van der Waals surface area contributed by atoms with Crippen LogP contribution in [0.15, 0.2) is 54.6 Å². The third-order valence-corrected chi connectivity index (χ3v) is 6.99. The molecular formula is C30H31F2N3O5. The van der Waals surface area contributed by atoms with Crippen LogP contribution in [0.2, 0.25) is 0 Å². The number of hydrogen-bond acceptors (Lipinski definition) is 6. The van der Waals surface area contributed by atoms with Gasteiger partial charge in [0.15, 0.2) is 0 Å². The van der Waals surface area contributed by atoms with Gasteiger partial charge in [0.25, 0.3) is 0 Å². The summed E-state index contributed by atoms with van der Waals surface area (Å²) in [4.78, 5) is 38.4. The molecule has 0 aliphatic carbocycles. The van der Waals surface area contributed by atoms with Gasteiger partial charge in [0.2, 0.25) is 11.8 Å². The molecule has 1 fully saturated rings. The van der Waals surface area contributed by atoms with Crippen LogP contribution in [0.5, 0.6) is 0 Å². The lowest BCUT2D eigenvalue weighted by Crippen LogP contribution is -2.53. The van der Waals surface area contributed by atoms with E-state index >= 15 is 0 Å². The van der Waals surface area contributed by atoms with Gasteiger partial charge < -0.3 is 20.5 Å². The van der Waals surface area contributed by atoms with Gasteiger partial charge in [0.05, 0.1) is 26.4 Å². The fraction of sp³-hybridized carbons (Fsp3) is 0.300. The molecule has 10 heteroatoms. The monoisotopic (exact) mass is 551 g/mol. The highest BCUT2D eigenvalue weighted by molar-refractivity contribution is 5.93. The number of carbonyl (C=O) groups is 3. The molecule has 3 N–H and O–H groups in total. The summed E-state index contributed by atoms with van der Waals surface area (Å²) in [7, 11) is 1.04.